The summed E-state index contributed by atoms with van der Waals surface area (Å²) in [4.78, 5) is 22.9. The van der Waals surface area contributed by atoms with E-state index in [-0.39, 0.29) is 18.4 Å². The Bertz CT molecular complexity index is 641. The van der Waals surface area contributed by atoms with Crippen molar-refractivity contribution in [2.45, 2.75) is 26.7 Å². The van der Waals surface area contributed by atoms with Crippen LogP contribution < -0.4 is 14.9 Å². The Morgan fingerprint density at radius 1 is 1.17 bits per heavy atom. The molecule has 0 atom stereocenters. The van der Waals surface area contributed by atoms with Crippen LogP contribution in [0.5, 0.6) is 0 Å². The second kappa shape index (κ2) is 8.52. The van der Waals surface area contributed by atoms with Crippen LogP contribution in [0.1, 0.15) is 26.7 Å². The van der Waals surface area contributed by atoms with Crippen molar-refractivity contribution in [1.29, 1.82) is 0 Å². The van der Waals surface area contributed by atoms with Gasteiger partial charge in [-0.3, -0.25) is 13.9 Å². The molecule has 0 saturated heterocycles. The minimum Gasteiger partial charge on any atom is -0.355 e. The Morgan fingerprint density at radius 3 is 2.26 bits per heavy atom. The van der Waals surface area contributed by atoms with Crippen molar-refractivity contribution in [2.24, 2.45) is 0 Å². The number of carbonyl (C=O) groups is 2. The van der Waals surface area contributed by atoms with Crippen LogP contribution in [0.25, 0.3) is 0 Å². The first-order valence-corrected chi connectivity index (χ1v) is 9.21. The fourth-order valence-corrected chi connectivity index (χ4v) is 2.76. The lowest BCUT2D eigenvalue weighted by Crippen LogP contribution is -2.40. The summed E-state index contributed by atoms with van der Waals surface area (Å²) < 4.78 is 24.9. The number of hydrogen-bond acceptors (Lipinski definition) is 4. The number of sulfonamides is 1. The molecule has 23 heavy (non-hydrogen) atoms. The van der Waals surface area contributed by atoms with Crippen LogP contribution in [0.15, 0.2) is 24.3 Å². The molecule has 2 amide bonds. The third-order valence-electron chi connectivity index (χ3n) is 3.02. The largest absolute Gasteiger partial charge is 0.355 e. The second-order valence-electron chi connectivity index (χ2n) is 5.20. The molecule has 0 unspecified atom stereocenters. The molecule has 0 aromatic heterocycles. The quantitative estimate of drug-likeness (QED) is 0.697. The van der Waals surface area contributed by atoms with Crippen LogP contribution >= 0.6 is 0 Å². The Balaban J connectivity index is 2.86. The van der Waals surface area contributed by atoms with Crippen molar-refractivity contribution < 1.29 is 18.0 Å². The van der Waals surface area contributed by atoms with Gasteiger partial charge in [-0.15, -0.1) is 0 Å². The van der Waals surface area contributed by atoms with Gasteiger partial charge in [0.1, 0.15) is 6.54 Å². The van der Waals surface area contributed by atoms with Gasteiger partial charge in [-0.1, -0.05) is 13.3 Å². The van der Waals surface area contributed by atoms with Crippen LogP contribution in [0.4, 0.5) is 11.4 Å². The normalized spacial score (nSPS) is 10.9. The zero-order valence-electron chi connectivity index (χ0n) is 13.6. The molecule has 0 heterocycles. The highest BCUT2D eigenvalue weighted by molar-refractivity contribution is 7.92. The Kier molecular flexibility index (Phi) is 7.02. The molecule has 0 fully saturated rings. The summed E-state index contributed by atoms with van der Waals surface area (Å²) in [5, 5.41) is 5.29. The summed E-state index contributed by atoms with van der Waals surface area (Å²) in [5.41, 5.74) is 0.925. The second-order valence-corrected chi connectivity index (χ2v) is 7.11. The van der Waals surface area contributed by atoms with Gasteiger partial charge in [0.05, 0.1) is 11.9 Å². The van der Waals surface area contributed by atoms with Crippen molar-refractivity contribution in [3.8, 4) is 0 Å². The molecule has 0 aliphatic carbocycles. The number of rotatable bonds is 8. The Hall–Kier alpha value is -2.09. The SMILES string of the molecule is CCCCNC(=O)CN(c1ccc(NC(C)=O)cc1)S(C)(=O)=O. The van der Waals surface area contributed by atoms with E-state index in [2.05, 4.69) is 10.6 Å². The van der Waals surface area contributed by atoms with Crippen LogP contribution in [-0.4, -0.2) is 39.6 Å². The van der Waals surface area contributed by atoms with Crippen molar-refractivity contribution >= 4 is 33.2 Å². The van der Waals surface area contributed by atoms with E-state index in [4.69, 9.17) is 0 Å². The maximum Gasteiger partial charge on any atom is 0.240 e. The van der Waals surface area contributed by atoms with Gasteiger partial charge in [0, 0.05) is 19.2 Å². The van der Waals surface area contributed by atoms with Gasteiger partial charge < -0.3 is 10.6 Å². The smallest absolute Gasteiger partial charge is 0.240 e. The number of amides is 2. The van der Waals surface area contributed by atoms with E-state index < -0.39 is 10.0 Å². The van der Waals surface area contributed by atoms with Crippen LogP contribution in [0.3, 0.4) is 0 Å². The number of benzene rings is 1. The summed E-state index contributed by atoms with van der Waals surface area (Å²) in [6.45, 7) is 3.64. The van der Waals surface area contributed by atoms with Gasteiger partial charge in [0.25, 0.3) is 0 Å². The highest BCUT2D eigenvalue weighted by Crippen LogP contribution is 2.20. The van der Waals surface area contributed by atoms with E-state index in [0.717, 1.165) is 23.4 Å². The molecule has 2 N–H and O–H groups in total. The number of nitrogens with zero attached hydrogens (tertiary/aromatic N) is 1. The van der Waals surface area contributed by atoms with E-state index in [1.54, 1.807) is 24.3 Å². The Labute approximate surface area is 137 Å². The number of unbranched alkanes of at least 4 members (excludes halogenated alkanes) is 1. The lowest BCUT2D eigenvalue weighted by Gasteiger charge is -2.22. The highest BCUT2D eigenvalue weighted by atomic mass is 32.2. The predicted molar refractivity (Wildman–Crippen MR) is 90.9 cm³/mol. The molecule has 0 aliphatic rings. The van der Waals surface area contributed by atoms with Crippen molar-refractivity contribution in [2.75, 3.05) is 29.0 Å². The lowest BCUT2D eigenvalue weighted by molar-refractivity contribution is -0.119. The van der Waals surface area contributed by atoms with Crippen molar-refractivity contribution in [3.05, 3.63) is 24.3 Å². The topological polar surface area (TPSA) is 95.6 Å². The molecule has 0 saturated carbocycles. The minimum atomic E-state index is -3.59. The van der Waals surface area contributed by atoms with Gasteiger partial charge in [-0.25, -0.2) is 8.42 Å². The maximum atomic E-state index is 11.9. The first-order chi connectivity index (χ1) is 10.7. The Morgan fingerprint density at radius 2 is 1.78 bits per heavy atom. The first kappa shape index (κ1) is 19.0. The molecule has 1 aromatic carbocycles. The van der Waals surface area contributed by atoms with Crippen molar-refractivity contribution in [1.82, 2.24) is 5.32 Å². The van der Waals surface area contributed by atoms with E-state index in [1.165, 1.54) is 6.92 Å². The van der Waals surface area contributed by atoms with E-state index in [0.29, 0.717) is 17.9 Å². The molecule has 0 bridgehead atoms. The van der Waals surface area contributed by atoms with Crippen LogP contribution in [-0.2, 0) is 19.6 Å². The van der Waals surface area contributed by atoms with E-state index in [1.807, 2.05) is 6.92 Å². The van der Waals surface area contributed by atoms with Gasteiger partial charge in [0.2, 0.25) is 21.8 Å². The summed E-state index contributed by atoms with van der Waals surface area (Å²) >= 11 is 0. The highest BCUT2D eigenvalue weighted by Gasteiger charge is 2.20. The lowest BCUT2D eigenvalue weighted by atomic mass is 10.2. The van der Waals surface area contributed by atoms with Crippen LogP contribution in [0, 0.1) is 0 Å². The van der Waals surface area contributed by atoms with Gasteiger partial charge in [-0.2, -0.15) is 0 Å². The summed E-state index contributed by atoms with van der Waals surface area (Å²) in [7, 11) is -3.59. The standard InChI is InChI=1S/C15H23N3O4S/c1-4-5-10-16-15(20)11-18(23(3,21)22)14-8-6-13(7-9-14)17-12(2)19/h6-9H,4-5,10-11H2,1-3H3,(H,16,20)(H,17,19). The average molecular weight is 341 g/mol. The summed E-state index contributed by atoms with van der Waals surface area (Å²) in [6, 6.07) is 6.27. The van der Waals surface area contributed by atoms with Gasteiger partial charge in [-0.05, 0) is 30.7 Å². The first-order valence-electron chi connectivity index (χ1n) is 7.36. The van der Waals surface area contributed by atoms with Gasteiger partial charge >= 0.3 is 0 Å². The average Bonchev–Trinajstić information content (AvgIpc) is 2.44. The molecule has 7 nitrogen and oxygen atoms in total. The fourth-order valence-electron chi connectivity index (χ4n) is 1.91. The van der Waals surface area contributed by atoms with Gasteiger partial charge in [0.15, 0.2) is 0 Å². The molecular weight excluding hydrogens is 318 g/mol. The predicted octanol–water partition coefficient (Wildman–Crippen LogP) is 1.33. The van der Waals surface area contributed by atoms with Crippen molar-refractivity contribution in [3.63, 3.8) is 0 Å². The number of hydrogen-bond donors (Lipinski definition) is 2. The minimum absolute atomic E-state index is 0.215. The molecule has 0 spiro atoms. The summed E-state index contributed by atoms with van der Waals surface area (Å²) in [5.74, 6) is -0.567. The molecule has 8 heteroatoms. The zero-order chi connectivity index (χ0) is 17.5. The summed E-state index contributed by atoms with van der Waals surface area (Å²) in [6.07, 6.45) is 2.84. The maximum absolute atomic E-state index is 11.9. The third-order valence-corrected chi connectivity index (χ3v) is 4.16. The van der Waals surface area contributed by atoms with E-state index in [9.17, 15) is 18.0 Å². The number of carbonyl (C=O) groups excluding carboxylic acids is 2. The number of anilines is 2. The third kappa shape index (κ3) is 6.68. The molecule has 128 valence electrons. The number of nitrogens with one attached hydrogen (secondary N) is 2. The molecule has 1 rings (SSSR count). The fraction of sp³-hybridized carbons (Fsp3) is 0.467. The molecule has 1 aromatic rings. The zero-order valence-corrected chi connectivity index (χ0v) is 14.4. The monoisotopic (exact) mass is 341 g/mol. The van der Waals surface area contributed by atoms with E-state index >= 15 is 0 Å². The van der Waals surface area contributed by atoms with Crippen LogP contribution in [0.2, 0.25) is 0 Å². The molecule has 0 aliphatic heterocycles. The molecule has 0 radical (unpaired) electrons. The molecular formula is C15H23N3O4S.